The number of aliphatic hydroxyl groups excluding tert-OH is 1. The van der Waals surface area contributed by atoms with Crippen molar-refractivity contribution in [2.45, 2.75) is 18.8 Å². The van der Waals surface area contributed by atoms with E-state index in [-0.39, 0.29) is 6.54 Å². The molecule has 0 bridgehead atoms. The van der Waals surface area contributed by atoms with Gasteiger partial charge in [-0.1, -0.05) is 12.1 Å². The number of benzene rings is 1. The van der Waals surface area contributed by atoms with E-state index in [4.69, 9.17) is 0 Å². The molecule has 0 fully saturated rings. The third kappa shape index (κ3) is 2.86. The zero-order valence-corrected chi connectivity index (χ0v) is 9.17. The van der Waals surface area contributed by atoms with Gasteiger partial charge in [-0.15, -0.1) is 0 Å². The van der Waals surface area contributed by atoms with E-state index in [1.165, 1.54) is 29.5 Å². The molecule has 1 atom stereocenters. The number of hydrogen-bond acceptors (Lipinski definition) is 3. The minimum Gasteiger partial charge on any atom is -0.386 e. The van der Waals surface area contributed by atoms with E-state index in [1.807, 2.05) is 0 Å². The molecule has 96 valence electrons. The molecule has 0 saturated heterocycles. The Hall–Kier alpha value is -1.89. The fourth-order valence-electron chi connectivity index (χ4n) is 1.50. The molecule has 0 aliphatic rings. The predicted molar refractivity (Wildman–Crippen MR) is 56.4 cm³/mol. The molecule has 1 unspecified atom stereocenters. The normalized spacial score (nSPS) is 13.6. The summed E-state index contributed by atoms with van der Waals surface area (Å²) in [5.41, 5.74) is -0.335. The van der Waals surface area contributed by atoms with Crippen molar-refractivity contribution in [1.82, 2.24) is 14.8 Å². The molecular formula is C11H10F3N3O. The van der Waals surface area contributed by atoms with Gasteiger partial charge in [0.05, 0.1) is 18.2 Å². The number of rotatable bonds is 3. The summed E-state index contributed by atoms with van der Waals surface area (Å²) in [6.07, 6.45) is -2.55. The number of aliphatic hydroxyl groups is 1. The van der Waals surface area contributed by atoms with E-state index < -0.39 is 17.8 Å². The van der Waals surface area contributed by atoms with Crippen LogP contribution in [-0.4, -0.2) is 19.9 Å². The van der Waals surface area contributed by atoms with Crippen LogP contribution < -0.4 is 0 Å². The number of aromatic nitrogens is 3. The Balaban J connectivity index is 2.10. The smallest absolute Gasteiger partial charge is 0.386 e. The maximum Gasteiger partial charge on any atom is 0.416 e. The van der Waals surface area contributed by atoms with E-state index in [0.717, 1.165) is 12.1 Å². The van der Waals surface area contributed by atoms with Gasteiger partial charge in [0.25, 0.3) is 0 Å². The first kappa shape index (κ1) is 12.6. The van der Waals surface area contributed by atoms with E-state index in [1.54, 1.807) is 0 Å². The summed E-state index contributed by atoms with van der Waals surface area (Å²) in [5, 5.41) is 13.6. The van der Waals surface area contributed by atoms with Gasteiger partial charge in [-0.3, -0.25) is 4.68 Å². The van der Waals surface area contributed by atoms with Crippen LogP contribution in [0.5, 0.6) is 0 Å². The molecule has 2 rings (SSSR count). The lowest BCUT2D eigenvalue weighted by Gasteiger charge is -2.12. The van der Waals surface area contributed by atoms with Crippen molar-refractivity contribution in [3.05, 3.63) is 48.0 Å². The first-order valence-corrected chi connectivity index (χ1v) is 5.14. The molecule has 1 aromatic carbocycles. The maximum absolute atomic E-state index is 12.3. The fraction of sp³-hybridized carbons (Fsp3) is 0.273. The maximum atomic E-state index is 12.3. The Labute approximate surface area is 101 Å². The van der Waals surface area contributed by atoms with Gasteiger partial charge in [0.15, 0.2) is 0 Å². The van der Waals surface area contributed by atoms with Crippen LogP contribution in [0.4, 0.5) is 13.2 Å². The summed E-state index contributed by atoms with van der Waals surface area (Å²) in [5.74, 6) is 0. The Morgan fingerprint density at radius 3 is 2.39 bits per heavy atom. The van der Waals surface area contributed by atoms with Crippen LogP contribution in [0.1, 0.15) is 17.2 Å². The van der Waals surface area contributed by atoms with Crippen molar-refractivity contribution < 1.29 is 18.3 Å². The highest BCUT2D eigenvalue weighted by atomic mass is 19.4. The van der Waals surface area contributed by atoms with Crippen LogP contribution in [-0.2, 0) is 12.7 Å². The molecule has 1 heterocycles. The van der Waals surface area contributed by atoms with E-state index in [0.29, 0.717) is 5.56 Å². The van der Waals surface area contributed by atoms with Gasteiger partial charge in [-0.2, -0.15) is 18.3 Å². The van der Waals surface area contributed by atoms with Crippen molar-refractivity contribution in [1.29, 1.82) is 0 Å². The van der Waals surface area contributed by atoms with E-state index in [9.17, 15) is 18.3 Å². The van der Waals surface area contributed by atoms with Crippen molar-refractivity contribution in [2.75, 3.05) is 0 Å². The van der Waals surface area contributed by atoms with Gasteiger partial charge in [0.2, 0.25) is 0 Å². The summed E-state index contributed by atoms with van der Waals surface area (Å²) >= 11 is 0. The van der Waals surface area contributed by atoms with Crippen molar-refractivity contribution >= 4 is 0 Å². The molecule has 2 aromatic rings. The lowest BCUT2D eigenvalue weighted by Crippen LogP contribution is -2.10. The van der Waals surface area contributed by atoms with Crippen LogP contribution in [0, 0.1) is 0 Å². The number of hydrogen-bond donors (Lipinski definition) is 1. The first-order chi connectivity index (χ1) is 8.47. The quantitative estimate of drug-likeness (QED) is 0.915. The molecule has 0 radical (unpaired) electrons. The van der Waals surface area contributed by atoms with Crippen LogP contribution in [0.25, 0.3) is 0 Å². The third-order valence-electron chi connectivity index (χ3n) is 2.45. The van der Waals surface area contributed by atoms with Crippen LogP contribution in [0.3, 0.4) is 0 Å². The minimum atomic E-state index is -4.37. The van der Waals surface area contributed by atoms with Crippen LogP contribution in [0.2, 0.25) is 0 Å². The van der Waals surface area contributed by atoms with E-state index in [2.05, 4.69) is 10.1 Å². The molecule has 0 amide bonds. The number of halogens is 3. The Morgan fingerprint density at radius 1 is 1.22 bits per heavy atom. The van der Waals surface area contributed by atoms with E-state index >= 15 is 0 Å². The molecule has 18 heavy (non-hydrogen) atoms. The van der Waals surface area contributed by atoms with Gasteiger partial charge >= 0.3 is 6.18 Å². The van der Waals surface area contributed by atoms with Gasteiger partial charge < -0.3 is 5.11 Å². The number of nitrogens with zero attached hydrogens (tertiary/aromatic N) is 3. The minimum absolute atomic E-state index is 0.144. The Kier molecular flexibility index (Phi) is 3.33. The highest BCUT2D eigenvalue weighted by Crippen LogP contribution is 2.30. The molecule has 7 heteroatoms. The molecule has 0 aliphatic heterocycles. The molecule has 4 nitrogen and oxygen atoms in total. The molecule has 0 spiro atoms. The molecule has 1 aromatic heterocycles. The second kappa shape index (κ2) is 4.77. The number of alkyl halides is 3. The second-order valence-corrected chi connectivity index (χ2v) is 3.75. The predicted octanol–water partition coefficient (Wildman–Crippen LogP) is 2.03. The third-order valence-corrected chi connectivity index (χ3v) is 2.45. The highest BCUT2D eigenvalue weighted by molar-refractivity contribution is 5.25. The average molecular weight is 257 g/mol. The fourth-order valence-corrected chi connectivity index (χ4v) is 1.50. The van der Waals surface area contributed by atoms with Crippen molar-refractivity contribution in [3.63, 3.8) is 0 Å². The molecule has 1 N–H and O–H groups in total. The lowest BCUT2D eigenvalue weighted by molar-refractivity contribution is -0.137. The molecular weight excluding hydrogens is 247 g/mol. The summed E-state index contributed by atoms with van der Waals surface area (Å²) in [6.45, 7) is 0.144. The van der Waals surface area contributed by atoms with Crippen molar-refractivity contribution in [2.24, 2.45) is 0 Å². The van der Waals surface area contributed by atoms with Gasteiger partial charge in [0.1, 0.15) is 12.7 Å². The zero-order valence-electron chi connectivity index (χ0n) is 9.17. The summed E-state index contributed by atoms with van der Waals surface area (Å²) < 4.78 is 38.4. The average Bonchev–Trinajstić information content (AvgIpc) is 2.81. The summed E-state index contributed by atoms with van der Waals surface area (Å²) in [6, 6.07) is 4.40. The van der Waals surface area contributed by atoms with Crippen LogP contribution >= 0.6 is 0 Å². The topological polar surface area (TPSA) is 50.9 Å². The summed E-state index contributed by atoms with van der Waals surface area (Å²) in [4.78, 5) is 3.71. The summed E-state index contributed by atoms with van der Waals surface area (Å²) in [7, 11) is 0. The zero-order chi connectivity index (χ0) is 13.2. The van der Waals surface area contributed by atoms with Crippen molar-refractivity contribution in [3.8, 4) is 0 Å². The molecule has 0 saturated carbocycles. The second-order valence-electron chi connectivity index (χ2n) is 3.75. The molecule has 0 aliphatic carbocycles. The van der Waals surface area contributed by atoms with Gasteiger partial charge in [-0.05, 0) is 17.7 Å². The standard InChI is InChI=1S/C11H10F3N3O/c12-11(13,14)9-3-1-8(2-4-9)10(18)5-17-7-15-6-16-17/h1-4,6-7,10,18H,5H2. The Morgan fingerprint density at radius 2 is 1.89 bits per heavy atom. The monoisotopic (exact) mass is 257 g/mol. The highest BCUT2D eigenvalue weighted by Gasteiger charge is 2.30. The van der Waals surface area contributed by atoms with Gasteiger partial charge in [-0.25, -0.2) is 4.98 Å². The van der Waals surface area contributed by atoms with Crippen LogP contribution in [0.15, 0.2) is 36.9 Å². The lowest BCUT2D eigenvalue weighted by atomic mass is 10.1. The SMILES string of the molecule is OC(Cn1cncn1)c1ccc(C(F)(F)F)cc1. The van der Waals surface area contributed by atoms with Gasteiger partial charge in [0, 0.05) is 0 Å². The Bertz CT molecular complexity index is 493. The largest absolute Gasteiger partial charge is 0.416 e. The first-order valence-electron chi connectivity index (χ1n) is 5.14.